The molecule has 19 heavy (non-hydrogen) atoms. The molecule has 0 radical (unpaired) electrons. The normalized spacial score (nSPS) is 14.1. The Morgan fingerprint density at radius 1 is 1.42 bits per heavy atom. The Balaban J connectivity index is 1.71. The quantitative estimate of drug-likeness (QED) is 0.872. The highest BCUT2D eigenvalue weighted by Gasteiger charge is 2.23. The Hall–Kier alpha value is -2.01. The minimum absolute atomic E-state index is 0.167. The van der Waals surface area contributed by atoms with Crippen molar-refractivity contribution in [1.29, 1.82) is 0 Å². The third kappa shape index (κ3) is 2.42. The number of nitrogens with zero attached hydrogens (tertiary/aromatic N) is 2. The van der Waals surface area contributed by atoms with Crippen LogP contribution in [0.2, 0.25) is 5.02 Å². The first-order chi connectivity index (χ1) is 9.24. The van der Waals surface area contributed by atoms with Gasteiger partial charge < -0.3 is 14.7 Å². The van der Waals surface area contributed by atoms with Gasteiger partial charge in [-0.15, -0.1) is 0 Å². The molecule has 0 unspecified atom stereocenters. The number of rotatable bonds is 1. The maximum Gasteiger partial charge on any atom is 0.322 e. The van der Waals surface area contributed by atoms with Gasteiger partial charge in [0.1, 0.15) is 5.76 Å². The molecule has 2 aromatic rings. The Labute approximate surface area is 115 Å². The minimum atomic E-state index is -0.167. The summed E-state index contributed by atoms with van der Waals surface area (Å²) >= 11 is 6.01. The van der Waals surface area contributed by atoms with Gasteiger partial charge in [-0.25, -0.2) is 4.79 Å². The molecule has 5 nitrogen and oxygen atoms in total. The smallest absolute Gasteiger partial charge is 0.322 e. The van der Waals surface area contributed by atoms with Gasteiger partial charge in [0.2, 0.25) is 0 Å². The summed E-state index contributed by atoms with van der Waals surface area (Å²) in [6.07, 6.45) is 2.34. The summed E-state index contributed by atoms with van der Waals surface area (Å²) < 4.78 is 5.09. The second-order valence-corrected chi connectivity index (χ2v) is 4.76. The predicted molar refractivity (Wildman–Crippen MR) is 71.1 cm³/mol. The van der Waals surface area contributed by atoms with E-state index in [-0.39, 0.29) is 6.03 Å². The first-order valence-electron chi connectivity index (χ1n) is 5.97. The number of nitrogens with one attached hydrogen (secondary N) is 1. The molecule has 3 rings (SSSR count). The van der Waals surface area contributed by atoms with Crippen LogP contribution in [0, 0.1) is 0 Å². The van der Waals surface area contributed by atoms with Crippen molar-refractivity contribution in [2.24, 2.45) is 0 Å². The van der Waals surface area contributed by atoms with Crippen LogP contribution in [-0.2, 0) is 13.0 Å². The van der Waals surface area contributed by atoms with Gasteiger partial charge in [-0.3, -0.25) is 0 Å². The Bertz CT molecular complexity index is 611. The highest BCUT2D eigenvalue weighted by Crippen LogP contribution is 2.23. The van der Waals surface area contributed by atoms with Gasteiger partial charge in [0, 0.05) is 18.5 Å². The average molecular weight is 278 g/mol. The molecule has 1 aromatic heterocycles. The molecule has 2 heterocycles. The lowest BCUT2D eigenvalue weighted by atomic mass is 10.1. The summed E-state index contributed by atoms with van der Waals surface area (Å²) in [5.74, 6) is 0.863. The molecule has 0 aliphatic carbocycles. The number of amides is 2. The Morgan fingerprint density at radius 2 is 2.26 bits per heavy atom. The number of para-hydroxylation sites is 1. The molecular formula is C13H12ClN3O2. The van der Waals surface area contributed by atoms with Crippen molar-refractivity contribution in [2.45, 2.75) is 13.0 Å². The predicted octanol–water partition coefficient (Wildman–Crippen LogP) is 2.92. The molecule has 1 aromatic carbocycles. The van der Waals surface area contributed by atoms with Crippen molar-refractivity contribution in [3.63, 3.8) is 0 Å². The van der Waals surface area contributed by atoms with Crippen LogP contribution in [-0.4, -0.2) is 22.6 Å². The van der Waals surface area contributed by atoms with Crippen LogP contribution < -0.4 is 5.32 Å². The fraction of sp³-hybridized carbons (Fsp3) is 0.231. The van der Waals surface area contributed by atoms with Gasteiger partial charge in [0.15, 0.2) is 0 Å². The van der Waals surface area contributed by atoms with Gasteiger partial charge in [-0.2, -0.15) is 0 Å². The first-order valence-corrected chi connectivity index (χ1v) is 6.35. The van der Waals surface area contributed by atoms with E-state index >= 15 is 0 Å². The number of halogens is 1. The Morgan fingerprint density at radius 3 is 3.11 bits per heavy atom. The van der Waals surface area contributed by atoms with Crippen LogP contribution in [0.15, 0.2) is 35.0 Å². The van der Waals surface area contributed by atoms with Crippen molar-refractivity contribution >= 4 is 23.3 Å². The topological polar surface area (TPSA) is 58.4 Å². The summed E-state index contributed by atoms with van der Waals surface area (Å²) in [5.41, 5.74) is 1.57. The highest BCUT2D eigenvalue weighted by molar-refractivity contribution is 6.33. The van der Waals surface area contributed by atoms with Crippen LogP contribution in [0.3, 0.4) is 0 Å². The van der Waals surface area contributed by atoms with E-state index in [4.69, 9.17) is 16.1 Å². The molecule has 0 bridgehead atoms. The third-order valence-corrected chi connectivity index (χ3v) is 3.43. The van der Waals surface area contributed by atoms with Crippen LogP contribution in [0.1, 0.15) is 11.3 Å². The SMILES string of the molecule is O=C(Nc1ccccc1Cl)N1CCc2oncc2C1. The van der Waals surface area contributed by atoms with E-state index in [1.165, 1.54) is 0 Å². The average Bonchev–Trinajstić information content (AvgIpc) is 2.88. The number of hydrogen-bond acceptors (Lipinski definition) is 3. The van der Waals surface area contributed by atoms with Crippen molar-refractivity contribution in [3.8, 4) is 0 Å². The van der Waals surface area contributed by atoms with Gasteiger partial charge in [0.25, 0.3) is 0 Å². The van der Waals surface area contributed by atoms with Gasteiger partial charge in [0.05, 0.1) is 23.5 Å². The van der Waals surface area contributed by atoms with Crippen molar-refractivity contribution < 1.29 is 9.32 Å². The standard InChI is InChI=1S/C13H12ClN3O2/c14-10-3-1-2-4-11(10)16-13(18)17-6-5-12-9(8-17)7-15-19-12/h1-4,7H,5-6,8H2,(H,16,18). The van der Waals surface area contributed by atoms with Crippen LogP contribution >= 0.6 is 11.6 Å². The van der Waals surface area contributed by atoms with E-state index in [1.807, 2.05) is 12.1 Å². The van der Waals surface area contributed by atoms with E-state index in [9.17, 15) is 4.79 Å². The van der Waals surface area contributed by atoms with Crippen LogP contribution in [0.25, 0.3) is 0 Å². The summed E-state index contributed by atoms with van der Waals surface area (Å²) in [4.78, 5) is 13.9. The molecule has 0 saturated carbocycles. The fourth-order valence-corrected chi connectivity index (χ4v) is 2.25. The van der Waals surface area contributed by atoms with Crippen LogP contribution in [0.5, 0.6) is 0 Å². The molecule has 1 aliphatic heterocycles. The maximum atomic E-state index is 12.2. The number of carbonyl (C=O) groups excluding carboxylic acids is 1. The molecule has 1 N–H and O–H groups in total. The lowest BCUT2D eigenvalue weighted by Gasteiger charge is -2.26. The van der Waals surface area contributed by atoms with E-state index in [0.717, 1.165) is 11.3 Å². The van der Waals surface area contributed by atoms with E-state index in [0.29, 0.717) is 30.2 Å². The Kier molecular flexibility index (Phi) is 3.13. The number of hydrogen-bond donors (Lipinski definition) is 1. The molecule has 0 atom stereocenters. The molecule has 98 valence electrons. The zero-order valence-electron chi connectivity index (χ0n) is 10.1. The molecule has 0 saturated heterocycles. The lowest BCUT2D eigenvalue weighted by molar-refractivity contribution is 0.202. The van der Waals surface area contributed by atoms with Crippen molar-refractivity contribution in [1.82, 2.24) is 10.1 Å². The third-order valence-electron chi connectivity index (χ3n) is 3.10. The summed E-state index contributed by atoms with van der Waals surface area (Å²) in [7, 11) is 0. The molecular weight excluding hydrogens is 266 g/mol. The monoisotopic (exact) mass is 277 g/mol. The zero-order chi connectivity index (χ0) is 13.2. The second-order valence-electron chi connectivity index (χ2n) is 4.36. The number of anilines is 1. The summed E-state index contributed by atoms with van der Waals surface area (Å²) in [5, 5.41) is 7.07. The highest BCUT2D eigenvalue weighted by atomic mass is 35.5. The number of urea groups is 1. The van der Waals surface area contributed by atoms with Crippen molar-refractivity contribution in [2.75, 3.05) is 11.9 Å². The molecule has 1 aliphatic rings. The maximum absolute atomic E-state index is 12.2. The van der Waals surface area contributed by atoms with Gasteiger partial charge in [-0.05, 0) is 12.1 Å². The number of carbonyl (C=O) groups is 1. The minimum Gasteiger partial charge on any atom is -0.361 e. The molecule has 6 heteroatoms. The van der Waals surface area contributed by atoms with Crippen LogP contribution in [0.4, 0.5) is 10.5 Å². The second kappa shape index (κ2) is 4.93. The molecule has 0 spiro atoms. The first kappa shape index (κ1) is 12.0. The summed E-state index contributed by atoms with van der Waals surface area (Å²) in [6.45, 7) is 1.12. The van der Waals surface area contributed by atoms with E-state index in [2.05, 4.69) is 10.5 Å². The fourth-order valence-electron chi connectivity index (χ4n) is 2.07. The number of benzene rings is 1. The lowest BCUT2D eigenvalue weighted by Crippen LogP contribution is -2.38. The van der Waals surface area contributed by atoms with E-state index in [1.54, 1.807) is 23.2 Å². The largest absolute Gasteiger partial charge is 0.361 e. The number of fused-ring (bicyclic) bond motifs is 1. The molecule has 0 fully saturated rings. The van der Waals surface area contributed by atoms with Gasteiger partial charge in [-0.1, -0.05) is 28.9 Å². The van der Waals surface area contributed by atoms with E-state index < -0.39 is 0 Å². The molecule has 2 amide bonds. The van der Waals surface area contributed by atoms with Crippen molar-refractivity contribution in [3.05, 3.63) is 46.8 Å². The van der Waals surface area contributed by atoms with Gasteiger partial charge >= 0.3 is 6.03 Å². The summed E-state index contributed by atoms with van der Waals surface area (Å²) in [6, 6.07) is 7.00. The number of aromatic nitrogens is 1. The zero-order valence-corrected chi connectivity index (χ0v) is 10.9.